The van der Waals surface area contributed by atoms with Crippen molar-refractivity contribution in [2.75, 3.05) is 0 Å². The van der Waals surface area contributed by atoms with Gasteiger partial charge in [-0.05, 0) is 29.8 Å². The van der Waals surface area contributed by atoms with Crippen LogP contribution in [0.25, 0.3) is 11.5 Å². The van der Waals surface area contributed by atoms with E-state index in [4.69, 9.17) is 4.42 Å². The third-order valence-corrected chi connectivity index (χ3v) is 3.57. The highest BCUT2D eigenvalue weighted by atomic mass is 19.4. The monoisotopic (exact) mass is 350 g/mol. The van der Waals surface area contributed by atoms with E-state index in [0.29, 0.717) is 11.3 Å². The van der Waals surface area contributed by atoms with Gasteiger partial charge in [-0.15, -0.1) is 0 Å². The summed E-state index contributed by atoms with van der Waals surface area (Å²) in [6.45, 7) is 0.267. The maximum atomic E-state index is 13.2. The van der Waals surface area contributed by atoms with Crippen molar-refractivity contribution >= 4 is 0 Å². The summed E-state index contributed by atoms with van der Waals surface area (Å²) in [5.41, 5.74) is 0.504. The van der Waals surface area contributed by atoms with Crippen LogP contribution in [0.2, 0.25) is 0 Å². The Morgan fingerprint density at radius 1 is 1.00 bits per heavy atom. The summed E-state index contributed by atoms with van der Waals surface area (Å²) < 4.78 is 57.3. The lowest BCUT2D eigenvalue weighted by Crippen LogP contribution is -2.17. The van der Waals surface area contributed by atoms with Gasteiger partial charge < -0.3 is 9.73 Å². The SMILES string of the molecule is Fc1cccc(-c2nc(CNCc3ccccc3C(F)(F)F)co2)c1. The first kappa shape index (κ1) is 17.2. The molecule has 0 amide bonds. The van der Waals surface area contributed by atoms with Gasteiger partial charge in [-0.1, -0.05) is 24.3 Å². The van der Waals surface area contributed by atoms with Crippen LogP contribution in [0.5, 0.6) is 0 Å². The number of alkyl halides is 3. The lowest BCUT2D eigenvalue weighted by molar-refractivity contribution is -0.138. The highest BCUT2D eigenvalue weighted by Crippen LogP contribution is 2.31. The molecule has 130 valence electrons. The molecule has 7 heteroatoms. The molecule has 0 bridgehead atoms. The molecule has 3 rings (SSSR count). The lowest BCUT2D eigenvalue weighted by Gasteiger charge is -2.12. The van der Waals surface area contributed by atoms with Crippen LogP contribution in [0.3, 0.4) is 0 Å². The fourth-order valence-corrected chi connectivity index (χ4v) is 2.42. The van der Waals surface area contributed by atoms with Gasteiger partial charge >= 0.3 is 6.18 Å². The zero-order valence-corrected chi connectivity index (χ0v) is 13.0. The molecule has 0 aliphatic rings. The van der Waals surface area contributed by atoms with Crippen LogP contribution in [0, 0.1) is 5.82 Å². The van der Waals surface area contributed by atoms with E-state index in [1.807, 2.05) is 0 Å². The number of rotatable bonds is 5. The van der Waals surface area contributed by atoms with E-state index in [-0.39, 0.29) is 24.5 Å². The van der Waals surface area contributed by atoms with Gasteiger partial charge in [0.2, 0.25) is 5.89 Å². The van der Waals surface area contributed by atoms with Crippen LogP contribution >= 0.6 is 0 Å². The molecule has 1 heterocycles. The molecule has 0 aliphatic heterocycles. The van der Waals surface area contributed by atoms with Crippen LogP contribution in [0.15, 0.2) is 59.2 Å². The molecule has 0 saturated carbocycles. The second kappa shape index (κ2) is 7.06. The summed E-state index contributed by atoms with van der Waals surface area (Å²) >= 11 is 0. The van der Waals surface area contributed by atoms with Gasteiger partial charge in [0.05, 0.1) is 11.3 Å². The minimum absolute atomic E-state index is 0.0395. The van der Waals surface area contributed by atoms with Gasteiger partial charge in [-0.2, -0.15) is 13.2 Å². The quantitative estimate of drug-likeness (QED) is 0.673. The van der Waals surface area contributed by atoms with Crippen LogP contribution in [0.4, 0.5) is 17.6 Å². The Labute approximate surface area is 141 Å². The standard InChI is InChI=1S/C18H14F4N2O/c19-14-6-3-5-12(8-14)17-24-15(11-25-17)10-23-9-13-4-1-2-7-16(13)18(20,21)22/h1-8,11,23H,9-10H2. The topological polar surface area (TPSA) is 38.1 Å². The number of benzene rings is 2. The van der Waals surface area contributed by atoms with Gasteiger partial charge in [0.15, 0.2) is 0 Å². The van der Waals surface area contributed by atoms with E-state index in [0.717, 1.165) is 6.07 Å². The Morgan fingerprint density at radius 2 is 1.80 bits per heavy atom. The second-order valence-corrected chi connectivity index (χ2v) is 5.41. The zero-order chi connectivity index (χ0) is 17.9. The Kier molecular flexibility index (Phi) is 4.85. The molecule has 0 saturated heterocycles. The van der Waals surface area contributed by atoms with E-state index in [9.17, 15) is 17.6 Å². The number of nitrogens with zero attached hydrogens (tertiary/aromatic N) is 1. The third kappa shape index (κ3) is 4.24. The average molecular weight is 350 g/mol. The zero-order valence-electron chi connectivity index (χ0n) is 13.0. The summed E-state index contributed by atoms with van der Waals surface area (Å²) in [7, 11) is 0. The molecule has 0 radical (unpaired) electrons. The number of aromatic nitrogens is 1. The minimum Gasteiger partial charge on any atom is -0.444 e. The Balaban J connectivity index is 1.64. The van der Waals surface area contributed by atoms with Gasteiger partial charge in [-0.3, -0.25) is 0 Å². The highest BCUT2D eigenvalue weighted by molar-refractivity contribution is 5.52. The van der Waals surface area contributed by atoms with Gasteiger partial charge in [0, 0.05) is 18.7 Å². The van der Waals surface area contributed by atoms with Crippen molar-refractivity contribution in [1.82, 2.24) is 10.3 Å². The van der Waals surface area contributed by atoms with Crippen molar-refractivity contribution in [2.24, 2.45) is 0 Å². The Hall–Kier alpha value is -2.67. The normalized spacial score (nSPS) is 11.7. The molecule has 0 spiro atoms. The summed E-state index contributed by atoms with van der Waals surface area (Å²) in [4.78, 5) is 4.21. The van der Waals surface area contributed by atoms with E-state index >= 15 is 0 Å². The van der Waals surface area contributed by atoms with Crippen molar-refractivity contribution in [1.29, 1.82) is 0 Å². The fourth-order valence-electron chi connectivity index (χ4n) is 2.42. The van der Waals surface area contributed by atoms with Crippen LogP contribution < -0.4 is 5.32 Å². The van der Waals surface area contributed by atoms with Gasteiger partial charge in [0.1, 0.15) is 12.1 Å². The van der Waals surface area contributed by atoms with Crippen LogP contribution in [-0.2, 0) is 19.3 Å². The third-order valence-electron chi connectivity index (χ3n) is 3.57. The molecule has 2 aromatic carbocycles. The molecule has 25 heavy (non-hydrogen) atoms. The van der Waals surface area contributed by atoms with Crippen molar-refractivity contribution < 1.29 is 22.0 Å². The number of halogens is 4. The Bertz CT molecular complexity index is 858. The van der Waals surface area contributed by atoms with Crippen molar-refractivity contribution in [3.63, 3.8) is 0 Å². The largest absolute Gasteiger partial charge is 0.444 e. The molecule has 0 unspecified atom stereocenters. The molecule has 0 aliphatic carbocycles. The molecule has 0 atom stereocenters. The van der Waals surface area contributed by atoms with Crippen molar-refractivity contribution in [3.8, 4) is 11.5 Å². The first-order valence-corrected chi connectivity index (χ1v) is 7.49. The van der Waals surface area contributed by atoms with Crippen LogP contribution in [-0.4, -0.2) is 4.98 Å². The van der Waals surface area contributed by atoms with Gasteiger partial charge in [-0.25, -0.2) is 9.37 Å². The van der Waals surface area contributed by atoms with Crippen molar-refractivity contribution in [2.45, 2.75) is 19.3 Å². The summed E-state index contributed by atoms with van der Waals surface area (Å²) in [5.74, 6) is -0.147. The van der Waals surface area contributed by atoms with Crippen LogP contribution in [0.1, 0.15) is 16.8 Å². The summed E-state index contributed by atoms with van der Waals surface area (Å²) in [6, 6.07) is 11.2. The number of nitrogens with one attached hydrogen (secondary N) is 1. The maximum Gasteiger partial charge on any atom is 0.416 e. The number of oxazole rings is 1. The molecular weight excluding hydrogens is 336 g/mol. The number of hydrogen-bond acceptors (Lipinski definition) is 3. The molecule has 0 fully saturated rings. The maximum absolute atomic E-state index is 13.2. The molecule has 1 aromatic heterocycles. The molecule has 3 aromatic rings. The molecule has 3 nitrogen and oxygen atoms in total. The average Bonchev–Trinajstić information content (AvgIpc) is 3.03. The molecular formula is C18H14F4N2O. The fraction of sp³-hybridized carbons (Fsp3) is 0.167. The van der Waals surface area contributed by atoms with E-state index in [1.165, 1.54) is 30.5 Å². The van der Waals surface area contributed by atoms with E-state index in [1.54, 1.807) is 18.2 Å². The first-order valence-electron chi connectivity index (χ1n) is 7.49. The van der Waals surface area contributed by atoms with Gasteiger partial charge in [0.25, 0.3) is 0 Å². The number of hydrogen-bond donors (Lipinski definition) is 1. The molecule has 1 N–H and O–H groups in total. The minimum atomic E-state index is -4.39. The summed E-state index contributed by atoms with van der Waals surface area (Å²) in [6.07, 6.45) is -3.00. The first-order chi connectivity index (χ1) is 11.9. The lowest BCUT2D eigenvalue weighted by atomic mass is 10.1. The second-order valence-electron chi connectivity index (χ2n) is 5.41. The Morgan fingerprint density at radius 3 is 2.56 bits per heavy atom. The summed E-state index contributed by atoms with van der Waals surface area (Å²) in [5, 5.41) is 2.91. The smallest absolute Gasteiger partial charge is 0.416 e. The predicted octanol–water partition coefficient (Wildman–Crippen LogP) is 4.79. The van der Waals surface area contributed by atoms with Crippen molar-refractivity contribution in [3.05, 3.63) is 77.4 Å². The highest BCUT2D eigenvalue weighted by Gasteiger charge is 2.32. The predicted molar refractivity (Wildman–Crippen MR) is 83.9 cm³/mol. The van der Waals surface area contributed by atoms with E-state index in [2.05, 4.69) is 10.3 Å². The van der Waals surface area contributed by atoms with E-state index < -0.39 is 17.6 Å².